The lowest BCUT2D eigenvalue weighted by atomic mass is 10.1. The molecule has 1 aromatic heterocycles. The Bertz CT molecular complexity index is 695. The van der Waals surface area contributed by atoms with E-state index < -0.39 is 5.91 Å². The highest BCUT2D eigenvalue weighted by molar-refractivity contribution is 6.30. The number of hydrogen-bond donors (Lipinski definition) is 1. The van der Waals surface area contributed by atoms with Gasteiger partial charge in [-0.1, -0.05) is 30.7 Å². The van der Waals surface area contributed by atoms with Crippen LogP contribution < -0.4 is 5.32 Å². The van der Waals surface area contributed by atoms with Crippen LogP contribution in [0.1, 0.15) is 19.8 Å². The Balaban J connectivity index is 1.99. The van der Waals surface area contributed by atoms with Crippen molar-refractivity contribution < 1.29 is 14.3 Å². The van der Waals surface area contributed by atoms with Crippen LogP contribution in [0.5, 0.6) is 0 Å². The molecule has 0 saturated heterocycles. The fraction of sp³-hybridized carbons (Fsp3) is 0.312. The minimum atomic E-state index is -0.403. The number of ether oxygens (including phenoxy) is 1. The fourth-order valence-corrected chi connectivity index (χ4v) is 2.07. The molecule has 122 valence electrons. The average Bonchev–Trinajstić information content (AvgIpc) is 2.87. The zero-order valence-corrected chi connectivity index (χ0v) is 13.8. The molecule has 0 bridgehead atoms. The van der Waals surface area contributed by atoms with E-state index in [1.165, 1.54) is 0 Å². The van der Waals surface area contributed by atoms with Gasteiger partial charge in [0.2, 0.25) is 0 Å². The zero-order valence-electron chi connectivity index (χ0n) is 13.0. The number of halogens is 1. The molecule has 0 aliphatic rings. The third kappa shape index (κ3) is 4.82. The highest BCUT2D eigenvalue weighted by Crippen LogP contribution is 2.22. The van der Waals surface area contributed by atoms with Crippen molar-refractivity contribution in [2.75, 3.05) is 11.9 Å². The molecule has 1 amide bonds. The summed E-state index contributed by atoms with van der Waals surface area (Å²) in [6.45, 7) is 1.57. The second-order valence-corrected chi connectivity index (χ2v) is 5.44. The van der Waals surface area contributed by atoms with Crippen molar-refractivity contribution in [3.8, 4) is 11.3 Å². The summed E-state index contributed by atoms with van der Waals surface area (Å²) in [4.78, 5) is 23.1. The third-order valence-corrected chi connectivity index (χ3v) is 3.36. The summed E-state index contributed by atoms with van der Waals surface area (Å²) in [6, 6.07) is 8.99. The van der Waals surface area contributed by atoms with Gasteiger partial charge < -0.3 is 10.1 Å². The molecular formula is C16H18ClN3O3. The van der Waals surface area contributed by atoms with Crippen molar-refractivity contribution in [1.82, 2.24) is 9.78 Å². The smallest absolute Gasteiger partial charge is 0.306 e. The van der Waals surface area contributed by atoms with Crippen molar-refractivity contribution in [3.05, 3.63) is 35.4 Å². The monoisotopic (exact) mass is 335 g/mol. The number of carbonyl (C=O) groups is 2. The topological polar surface area (TPSA) is 73.2 Å². The Morgan fingerprint density at radius 1 is 1.30 bits per heavy atom. The second kappa shape index (κ2) is 7.78. The van der Waals surface area contributed by atoms with Crippen LogP contribution in [0, 0.1) is 0 Å². The van der Waals surface area contributed by atoms with E-state index in [0.717, 1.165) is 5.56 Å². The number of amides is 1. The van der Waals surface area contributed by atoms with Crippen molar-refractivity contribution in [2.24, 2.45) is 7.05 Å². The molecule has 0 saturated carbocycles. The van der Waals surface area contributed by atoms with E-state index >= 15 is 0 Å². The third-order valence-electron chi connectivity index (χ3n) is 3.11. The van der Waals surface area contributed by atoms with Crippen LogP contribution in [0.25, 0.3) is 11.3 Å². The predicted molar refractivity (Wildman–Crippen MR) is 88.2 cm³/mol. The highest BCUT2D eigenvalue weighted by Gasteiger charge is 2.12. The Morgan fingerprint density at radius 2 is 2.00 bits per heavy atom. The first kappa shape index (κ1) is 17.0. The predicted octanol–water partition coefficient (Wildman–Crippen LogP) is 3.02. The average molecular weight is 336 g/mol. The molecule has 0 radical (unpaired) electrons. The largest absolute Gasteiger partial charge is 0.456 e. The van der Waals surface area contributed by atoms with Crippen molar-refractivity contribution in [3.63, 3.8) is 0 Å². The summed E-state index contributed by atoms with van der Waals surface area (Å²) >= 11 is 5.86. The second-order valence-electron chi connectivity index (χ2n) is 5.00. The molecule has 0 unspecified atom stereocenters. The molecule has 1 N–H and O–H groups in total. The van der Waals surface area contributed by atoms with Crippen LogP contribution in [0.4, 0.5) is 5.82 Å². The Morgan fingerprint density at radius 3 is 2.65 bits per heavy atom. The maximum Gasteiger partial charge on any atom is 0.306 e. The van der Waals surface area contributed by atoms with E-state index in [-0.39, 0.29) is 12.6 Å². The van der Waals surface area contributed by atoms with E-state index in [2.05, 4.69) is 10.4 Å². The molecule has 0 spiro atoms. The molecule has 2 rings (SSSR count). The number of esters is 1. The van der Waals surface area contributed by atoms with Crippen molar-refractivity contribution in [2.45, 2.75) is 19.8 Å². The van der Waals surface area contributed by atoms with Gasteiger partial charge in [0, 0.05) is 30.1 Å². The lowest BCUT2D eigenvalue weighted by molar-refractivity contribution is -0.147. The normalized spacial score (nSPS) is 10.4. The zero-order chi connectivity index (χ0) is 16.8. The quantitative estimate of drug-likeness (QED) is 0.823. The molecule has 23 heavy (non-hydrogen) atoms. The van der Waals surface area contributed by atoms with E-state index in [9.17, 15) is 9.59 Å². The van der Waals surface area contributed by atoms with Gasteiger partial charge in [0.05, 0.1) is 5.69 Å². The molecule has 0 aliphatic heterocycles. The highest BCUT2D eigenvalue weighted by atomic mass is 35.5. The van der Waals surface area contributed by atoms with Gasteiger partial charge in [-0.3, -0.25) is 14.3 Å². The number of anilines is 1. The Hall–Kier alpha value is -2.34. The molecule has 0 atom stereocenters. The number of rotatable bonds is 6. The number of carbonyl (C=O) groups excluding carboxylic acids is 2. The van der Waals surface area contributed by atoms with Crippen LogP contribution in [0.2, 0.25) is 5.02 Å². The molecule has 1 heterocycles. The minimum Gasteiger partial charge on any atom is -0.456 e. The van der Waals surface area contributed by atoms with Gasteiger partial charge in [0.1, 0.15) is 5.82 Å². The van der Waals surface area contributed by atoms with Gasteiger partial charge in [-0.05, 0) is 18.6 Å². The lowest BCUT2D eigenvalue weighted by Gasteiger charge is -2.05. The molecule has 1 aromatic carbocycles. The van der Waals surface area contributed by atoms with E-state index in [1.54, 1.807) is 29.9 Å². The lowest BCUT2D eigenvalue weighted by Crippen LogP contribution is -2.22. The van der Waals surface area contributed by atoms with Crippen LogP contribution >= 0.6 is 11.6 Å². The number of aryl methyl sites for hydroxylation is 1. The fourth-order valence-electron chi connectivity index (χ4n) is 1.95. The molecule has 6 nitrogen and oxygen atoms in total. The van der Waals surface area contributed by atoms with Gasteiger partial charge in [0.15, 0.2) is 6.61 Å². The van der Waals surface area contributed by atoms with E-state index in [1.807, 2.05) is 19.1 Å². The first-order valence-electron chi connectivity index (χ1n) is 7.25. The van der Waals surface area contributed by atoms with Crippen molar-refractivity contribution >= 4 is 29.3 Å². The van der Waals surface area contributed by atoms with Crippen LogP contribution in [0.3, 0.4) is 0 Å². The van der Waals surface area contributed by atoms with Gasteiger partial charge >= 0.3 is 5.97 Å². The van der Waals surface area contributed by atoms with E-state index in [4.69, 9.17) is 16.3 Å². The number of nitrogens with zero attached hydrogens (tertiary/aromatic N) is 2. The molecule has 0 aliphatic carbocycles. The van der Waals surface area contributed by atoms with Gasteiger partial charge in [-0.2, -0.15) is 5.10 Å². The molecule has 0 fully saturated rings. The van der Waals surface area contributed by atoms with Gasteiger partial charge in [-0.15, -0.1) is 0 Å². The summed E-state index contributed by atoms with van der Waals surface area (Å²) in [7, 11) is 1.72. The molecule has 7 heteroatoms. The molecule has 2 aromatic rings. The Kier molecular flexibility index (Phi) is 5.76. The molecular weight excluding hydrogens is 318 g/mol. The van der Waals surface area contributed by atoms with Crippen LogP contribution in [-0.4, -0.2) is 28.3 Å². The van der Waals surface area contributed by atoms with Gasteiger partial charge in [0.25, 0.3) is 5.91 Å². The number of nitrogens with one attached hydrogen (secondary N) is 1. The minimum absolute atomic E-state index is 0.305. The number of aromatic nitrogens is 2. The Labute approximate surface area is 139 Å². The summed E-state index contributed by atoms with van der Waals surface area (Å²) in [5.41, 5.74) is 1.60. The summed E-state index contributed by atoms with van der Waals surface area (Å²) < 4.78 is 6.42. The maximum absolute atomic E-state index is 11.8. The standard InChI is InChI=1S/C16H18ClN3O3/c1-3-4-16(22)23-10-15(21)18-14-9-13(19-20(14)2)11-5-7-12(17)8-6-11/h5-9H,3-4,10H2,1-2H3,(H,18,21). The van der Waals surface area contributed by atoms with E-state index in [0.29, 0.717) is 29.4 Å². The maximum atomic E-state index is 11.8. The SMILES string of the molecule is CCCC(=O)OCC(=O)Nc1cc(-c2ccc(Cl)cc2)nn1C. The first-order chi connectivity index (χ1) is 11.0. The van der Waals surface area contributed by atoms with Crippen LogP contribution in [0.15, 0.2) is 30.3 Å². The van der Waals surface area contributed by atoms with Crippen molar-refractivity contribution in [1.29, 1.82) is 0 Å². The number of benzene rings is 1. The van der Waals surface area contributed by atoms with Crippen LogP contribution in [-0.2, 0) is 21.4 Å². The number of hydrogen-bond acceptors (Lipinski definition) is 4. The summed E-state index contributed by atoms with van der Waals surface area (Å²) in [6.07, 6.45) is 0.992. The first-order valence-corrected chi connectivity index (χ1v) is 7.63. The summed E-state index contributed by atoms with van der Waals surface area (Å²) in [5, 5.41) is 7.65. The van der Waals surface area contributed by atoms with Gasteiger partial charge in [-0.25, -0.2) is 0 Å². The summed E-state index contributed by atoms with van der Waals surface area (Å²) in [5.74, 6) is -0.263.